The molecule has 0 aromatic heterocycles. The standard InChI is InChI=1S/C22H22O6/c1-15(22(24)17-6-8-18(25-2)9-7-17)28-21(23)11-5-16-4-10-19-20(14-16)27-13-3-12-26-19/h4-11,14-15H,3,12-13H2,1-2H3/b11-5+/t15-/m0/s1. The predicted molar refractivity (Wildman–Crippen MR) is 104 cm³/mol. The van der Waals surface area contributed by atoms with Crippen molar-refractivity contribution in [3.8, 4) is 17.2 Å². The monoisotopic (exact) mass is 382 g/mol. The van der Waals surface area contributed by atoms with Crippen molar-refractivity contribution < 1.29 is 28.5 Å². The summed E-state index contributed by atoms with van der Waals surface area (Å²) in [5.74, 6) is 1.12. The van der Waals surface area contributed by atoms with Crippen LogP contribution in [0.15, 0.2) is 48.5 Å². The largest absolute Gasteiger partial charge is 0.497 e. The lowest BCUT2D eigenvalue weighted by atomic mass is 10.1. The lowest BCUT2D eigenvalue weighted by molar-refractivity contribution is -0.140. The van der Waals surface area contributed by atoms with Crippen molar-refractivity contribution in [2.75, 3.05) is 20.3 Å². The Labute approximate surface area is 163 Å². The van der Waals surface area contributed by atoms with Crippen molar-refractivity contribution in [2.45, 2.75) is 19.4 Å². The smallest absolute Gasteiger partial charge is 0.331 e. The van der Waals surface area contributed by atoms with Gasteiger partial charge < -0.3 is 18.9 Å². The summed E-state index contributed by atoms with van der Waals surface area (Å²) in [6, 6.07) is 12.1. The maximum absolute atomic E-state index is 12.4. The Morgan fingerprint density at radius 1 is 1.04 bits per heavy atom. The third kappa shape index (κ3) is 4.91. The van der Waals surface area contributed by atoms with E-state index in [4.69, 9.17) is 18.9 Å². The highest BCUT2D eigenvalue weighted by molar-refractivity contribution is 6.01. The molecule has 3 rings (SSSR count). The maximum atomic E-state index is 12.4. The van der Waals surface area contributed by atoms with E-state index in [2.05, 4.69) is 0 Å². The van der Waals surface area contributed by atoms with E-state index < -0.39 is 12.1 Å². The Morgan fingerprint density at radius 2 is 1.75 bits per heavy atom. The van der Waals surface area contributed by atoms with Crippen LogP contribution in [-0.2, 0) is 9.53 Å². The van der Waals surface area contributed by atoms with Gasteiger partial charge in [0, 0.05) is 18.1 Å². The van der Waals surface area contributed by atoms with Gasteiger partial charge in [-0.3, -0.25) is 4.79 Å². The first-order valence-corrected chi connectivity index (χ1v) is 9.03. The molecule has 2 aromatic carbocycles. The summed E-state index contributed by atoms with van der Waals surface area (Å²) < 4.78 is 21.5. The van der Waals surface area contributed by atoms with Crippen LogP contribution in [0.3, 0.4) is 0 Å². The number of carbonyl (C=O) groups is 2. The van der Waals surface area contributed by atoms with E-state index in [9.17, 15) is 9.59 Å². The van der Waals surface area contributed by atoms with Crippen LogP contribution in [0.4, 0.5) is 0 Å². The second kappa shape index (κ2) is 9.08. The van der Waals surface area contributed by atoms with Crippen LogP contribution < -0.4 is 14.2 Å². The number of esters is 1. The van der Waals surface area contributed by atoms with Crippen molar-refractivity contribution in [1.29, 1.82) is 0 Å². The van der Waals surface area contributed by atoms with Gasteiger partial charge in [-0.15, -0.1) is 0 Å². The molecule has 6 nitrogen and oxygen atoms in total. The van der Waals surface area contributed by atoms with Crippen LogP contribution in [0.1, 0.15) is 29.3 Å². The zero-order valence-corrected chi connectivity index (χ0v) is 15.8. The van der Waals surface area contributed by atoms with E-state index in [0.717, 1.165) is 12.0 Å². The molecule has 0 N–H and O–H groups in total. The summed E-state index contributed by atoms with van der Waals surface area (Å²) in [5, 5.41) is 0. The van der Waals surface area contributed by atoms with Crippen molar-refractivity contribution in [2.24, 2.45) is 0 Å². The molecule has 1 atom stereocenters. The molecule has 0 saturated heterocycles. The van der Waals surface area contributed by atoms with Gasteiger partial charge in [0.1, 0.15) is 5.75 Å². The van der Waals surface area contributed by atoms with Gasteiger partial charge in [0.25, 0.3) is 0 Å². The first-order valence-electron chi connectivity index (χ1n) is 9.03. The molecule has 28 heavy (non-hydrogen) atoms. The van der Waals surface area contributed by atoms with Crippen molar-refractivity contribution in [1.82, 2.24) is 0 Å². The summed E-state index contributed by atoms with van der Waals surface area (Å²) in [4.78, 5) is 24.4. The van der Waals surface area contributed by atoms with Gasteiger partial charge in [0.05, 0.1) is 20.3 Å². The molecule has 2 aromatic rings. The highest BCUT2D eigenvalue weighted by Crippen LogP contribution is 2.30. The number of methoxy groups -OCH3 is 1. The number of benzene rings is 2. The van der Waals surface area contributed by atoms with E-state index >= 15 is 0 Å². The molecule has 0 unspecified atom stereocenters. The molecule has 1 heterocycles. The van der Waals surface area contributed by atoms with Gasteiger partial charge in [0.2, 0.25) is 5.78 Å². The summed E-state index contributed by atoms with van der Waals surface area (Å²) in [7, 11) is 1.55. The van der Waals surface area contributed by atoms with Gasteiger partial charge in [-0.05, 0) is 55.0 Å². The minimum Gasteiger partial charge on any atom is -0.497 e. The van der Waals surface area contributed by atoms with Crippen LogP contribution in [-0.4, -0.2) is 38.2 Å². The topological polar surface area (TPSA) is 71.1 Å². The van der Waals surface area contributed by atoms with E-state index in [1.807, 2.05) is 12.1 Å². The number of Topliss-reactive ketones (excluding diaryl/α,β-unsaturated/α-hetero) is 1. The average Bonchev–Trinajstić information content (AvgIpc) is 2.96. The Kier molecular flexibility index (Phi) is 6.32. The quantitative estimate of drug-likeness (QED) is 0.431. The Hall–Kier alpha value is -3.28. The Balaban J connectivity index is 1.59. The molecular weight excluding hydrogens is 360 g/mol. The minimum absolute atomic E-state index is 0.278. The number of rotatable bonds is 6. The molecule has 1 aliphatic heterocycles. The summed E-state index contributed by atoms with van der Waals surface area (Å²) in [6.45, 7) is 2.76. The molecule has 0 radical (unpaired) electrons. The zero-order valence-electron chi connectivity index (χ0n) is 15.8. The molecule has 0 saturated carbocycles. The first-order chi connectivity index (χ1) is 13.6. The van der Waals surface area contributed by atoms with Gasteiger partial charge in [0.15, 0.2) is 17.6 Å². The molecule has 0 fully saturated rings. The molecule has 0 spiro atoms. The Bertz CT molecular complexity index is 869. The maximum Gasteiger partial charge on any atom is 0.331 e. The molecular formula is C22H22O6. The summed E-state index contributed by atoms with van der Waals surface area (Å²) in [5.41, 5.74) is 1.23. The third-order valence-electron chi connectivity index (χ3n) is 4.22. The SMILES string of the molecule is COc1ccc(C(=O)[C@H](C)OC(=O)/C=C/c2ccc3c(c2)OCCCO3)cc1. The lowest BCUT2D eigenvalue weighted by Gasteiger charge is -2.11. The molecule has 146 valence electrons. The third-order valence-corrected chi connectivity index (χ3v) is 4.22. The molecule has 1 aliphatic rings. The second-order valence-corrected chi connectivity index (χ2v) is 6.26. The van der Waals surface area contributed by atoms with E-state index in [1.54, 1.807) is 50.4 Å². The van der Waals surface area contributed by atoms with Crippen LogP contribution in [0.2, 0.25) is 0 Å². The number of carbonyl (C=O) groups excluding carboxylic acids is 2. The van der Waals surface area contributed by atoms with Gasteiger partial charge in [-0.1, -0.05) is 6.07 Å². The number of hydrogen-bond acceptors (Lipinski definition) is 6. The highest BCUT2D eigenvalue weighted by Gasteiger charge is 2.18. The zero-order chi connectivity index (χ0) is 19.9. The molecule has 0 aliphatic carbocycles. The molecule has 0 amide bonds. The van der Waals surface area contributed by atoms with Crippen LogP contribution in [0.25, 0.3) is 6.08 Å². The minimum atomic E-state index is -0.894. The fourth-order valence-corrected chi connectivity index (χ4v) is 2.70. The van der Waals surface area contributed by atoms with Crippen molar-refractivity contribution in [3.63, 3.8) is 0 Å². The van der Waals surface area contributed by atoms with Crippen LogP contribution in [0.5, 0.6) is 17.2 Å². The molecule has 6 heteroatoms. The van der Waals surface area contributed by atoms with Gasteiger partial charge >= 0.3 is 5.97 Å². The fraction of sp³-hybridized carbons (Fsp3) is 0.273. The number of hydrogen-bond donors (Lipinski definition) is 0. The van der Waals surface area contributed by atoms with E-state index in [0.29, 0.717) is 36.0 Å². The number of fused-ring (bicyclic) bond motifs is 1. The van der Waals surface area contributed by atoms with E-state index in [1.165, 1.54) is 6.08 Å². The van der Waals surface area contributed by atoms with Crippen molar-refractivity contribution in [3.05, 3.63) is 59.7 Å². The summed E-state index contributed by atoms with van der Waals surface area (Å²) >= 11 is 0. The second-order valence-electron chi connectivity index (χ2n) is 6.26. The number of ketones is 1. The van der Waals surface area contributed by atoms with Crippen LogP contribution >= 0.6 is 0 Å². The highest BCUT2D eigenvalue weighted by atomic mass is 16.5. The Morgan fingerprint density at radius 3 is 2.46 bits per heavy atom. The fourth-order valence-electron chi connectivity index (χ4n) is 2.70. The van der Waals surface area contributed by atoms with Crippen molar-refractivity contribution >= 4 is 17.8 Å². The van der Waals surface area contributed by atoms with Crippen LogP contribution in [0, 0.1) is 0 Å². The number of ether oxygens (including phenoxy) is 4. The lowest BCUT2D eigenvalue weighted by Crippen LogP contribution is -2.23. The first kappa shape index (κ1) is 19.5. The van der Waals surface area contributed by atoms with Gasteiger partial charge in [-0.25, -0.2) is 4.79 Å². The average molecular weight is 382 g/mol. The van der Waals surface area contributed by atoms with Gasteiger partial charge in [-0.2, -0.15) is 0 Å². The summed E-state index contributed by atoms with van der Waals surface area (Å²) in [6.07, 6.45) is 2.83. The normalized spacial score (nSPS) is 14.2. The molecule has 0 bridgehead atoms. The van der Waals surface area contributed by atoms with E-state index in [-0.39, 0.29) is 5.78 Å². The predicted octanol–water partition coefficient (Wildman–Crippen LogP) is 3.68.